The Labute approximate surface area is 121 Å². The number of aromatic nitrogens is 1. The minimum Gasteiger partial charge on any atom is -0.375 e. The fourth-order valence-corrected chi connectivity index (χ4v) is 3.08. The average Bonchev–Trinajstić information content (AvgIpc) is 2.73. The zero-order valence-electron chi connectivity index (χ0n) is 11.2. The Morgan fingerprint density at radius 1 is 1.45 bits per heavy atom. The van der Waals surface area contributed by atoms with Crippen LogP contribution < -0.4 is 5.73 Å². The van der Waals surface area contributed by atoms with Crippen molar-refractivity contribution in [3.05, 3.63) is 23.8 Å². The standard InChI is InChI=1S/C12H15N3O3S2/c1-15(5-6-20(2,17)18)11(16)8-3-4-9-10(7-8)19-12(13)14-9/h3-4,7H,5-6H2,1-2H3,(H2,13,14). The Bertz CT molecular complexity index is 752. The number of nitrogens with zero attached hydrogens (tertiary/aromatic N) is 2. The number of hydrogen-bond donors (Lipinski definition) is 1. The number of carbonyl (C=O) groups is 1. The van der Waals surface area contributed by atoms with E-state index >= 15 is 0 Å². The fraction of sp³-hybridized carbons (Fsp3) is 0.333. The second-order valence-electron chi connectivity index (χ2n) is 4.59. The van der Waals surface area contributed by atoms with Crippen LogP contribution in [0.4, 0.5) is 5.13 Å². The van der Waals surface area contributed by atoms with Crippen molar-refractivity contribution in [3.63, 3.8) is 0 Å². The molecule has 8 heteroatoms. The molecule has 0 spiro atoms. The Kier molecular flexibility index (Phi) is 3.96. The van der Waals surface area contributed by atoms with Gasteiger partial charge in [0.25, 0.3) is 5.91 Å². The van der Waals surface area contributed by atoms with E-state index in [-0.39, 0.29) is 18.2 Å². The van der Waals surface area contributed by atoms with Crippen molar-refractivity contribution in [1.29, 1.82) is 0 Å². The predicted molar refractivity (Wildman–Crippen MR) is 80.7 cm³/mol. The third-order valence-electron chi connectivity index (χ3n) is 2.80. The molecule has 6 nitrogen and oxygen atoms in total. The molecule has 108 valence electrons. The first-order valence-electron chi connectivity index (χ1n) is 5.85. The molecule has 0 aliphatic carbocycles. The van der Waals surface area contributed by atoms with Gasteiger partial charge in [-0.25, -0.2) is 13.4 Å². The van der Waals surface area contributed by atoms with Gasteiger partial charge in [-0.1, -0.05) is 11.3 Å². The molecule has 1 heterocycles. The maximum Gasteiger partial charge on any atom is 0.253 e. The lowest BCUT2D eigenvalue weighted by Crippen LogP contribution is -2.31. The maximum atomic E-state index is 12.2. The van der Waals surface area contributed by atoms with E-state index in [1.807, 2.05) is 0 Å². The number of nitrogen functional groups attached to an aromatic ring is 1. The number of nitrogens with two attached hydrogens (primary N) is 1. The quantitative estimate of drug-likeness (QED) is 0.908. The molecule has 1 aromatic carbocycles. The summed E-state index contributed by atoms with van der Waals surface area (Å²) in [4.78, 5) is 17.7. The first kappa shape index (κ1) is 14.7. The van der Waals surface area contributed by atoms with Crippen molar-refractivity contribution in [1.82, 2.24) is 9.88 Å². The van der Waals surface area contributed by atoms with E-state index in [0.29, 0.717) is 10.7 Å². The number of fused-ring (bicyclic) bond motifs is 1. The fourth-order valence-electron chi connectivity index (χ4n) is 1.70. The van der Waals surface area contributed by atoms with E-state index in [0.717, 1.165) is 16.5 Å². The molecule has 0 bridgehead atoms. The van der Waals surface area contributed by atoms with E-state index in [1.165, 1.54) is 16.2 Å². The van der Waals surface area contributed by atoms with Crippen LogP contribution in [-0.2, 0) is 9.84 Å². The lowest BCUT2D eigenvalue weighted by Gasteiger charge is -2.16. The number of hydrogen-bond acceptors (Lipinski definition) is 6. The maximum absolute atomic E-state index is 12.2. The van der Waals surface area contributed by atoms with Gasteiger partial charge in [0.2, 0.25) is 0 Å². The molecule has 0 saturated heterocycles. The van der Waals surface area contributed by atoms with E-state index in [4.69, 9.17) is 5.73 Å². The molecule has 0 unspecified atom stereocenters. The van der Waals surface area contributed by atoms with Crippen LogP contribution in [0, 0.1) is 0 Å². The van der Waals surface area contributed by atoms with Crippen molar-refractivity contribution >= 4 is 42.4 Å². The van der Waals surface area contributed by atoms with Gasteiger partial charge in [-0.2, -0.15) is 0 Å². The normalized spacial score (nSPS) is 11.7. The molecular weight excluding hydrogens is 298 g/mol. The molecule has 0 aliphatic rings. The summed E-state index contributed by atoms with van der Waals surface area (Å²) >= 11 is 1.31. The highest BCUT2D eigenvalue weighted by atomic mass is 32.2. The number of sulfone groups is 1. The first-order valence-corrected chi connectivity index (χ1v) is 8.73. The summed E-state index contributed by atoms with van der Waals surface area (Å²) in [5.74, 6) is -0.270. The van der Waals surface area contributed by atoms with Crippen LogP contribution in [0.3, 0.4) is 0 Å². The number of amides is 1. The Morgan fingerprint density at radius 2 is 2.15 bits per heavy atom. The number of carbonyl (C=O) groups excluding carboxylic acids is 1. The zero-order valence-corrected chi connectivity index (χ0v) is 12.8. The molecule has 2 rings (SSSR count). The number of benzene rings is 1. The zero-order chi connectivity index (χ0) is 14.9. The molecule has 1 amide bonds. The molecular formula is C12H15N3O3S2. The largest absolute Gasteiger partial charge is 0.375 e. The highest BCUT2D eigenvalue weighted by molar-refractivity contribution is 7.90. The summed E-state index contributed by atoms with van der Waals surface area (Å²) in [5.41, 5.74) is 6.87. The second kappa shape index (κ2) is 5.37. The summed E-state index contributed by atoms with van der Waals surface area (Å²) < 4.78 is 23.1. The van der Waals surface area contributed by atoms with Gasteiger partial charge in [-0.3, -0.25) is 4.79 Å². The number of anilines is 1. The van der Waals surface area contributed by atoms with Crippen molar-refractivity contribution in [3.8, 4) is 0 Å². The van der Waals surface area contributed by atoms with E-state index in [9.17, 15) is 13.2 Å². The number of rotatable bonds is 4. The molecule has 2 N–H and O–H groups in total. The Hall–Kier alpha value is -1.67. The highest BCUT2D eigenvalue weighted by Gasteiger charge is 2.15. The first-order chi connectivity index (χ1) is 9.26. The summed E-state index contributed by atoms with van der Waals surface area (Å²) in [6.45, 7) is 0.167. The molecule has 0 saturated carbocycles. The van der Waals surface area contributed by atoms with Gasteiger partial charge in [0.05, 0.1) is 16.0 Å². The topological polar surface area (TPSA) is 93.4 Å². The van der Waals surface area contributed by atoms with Crippen molar-refractivity contribution in [2.45, 2.75) is 0 Å². The van der Waals surface area contributed by atoms with Gasteiger partial charge < -0.3 is 10.6 Å². The van der Waals surface area contributed by atoms with Gasteiger partial charge in [0.15, 0.2) is 5.13 Å². The minimum absolute atomic E-state index is 0.0506. The Morgan fingerprint density at radius 3 is 2.80 bits per heavy atom. The van der Waals surface area contributed by atoms with Crippen molar-refractivity contribution in [2.24, 2.45) is 0 Å². The molecule has 20 heavy (non-hydrogen) atoms. The van der Waals surface area contributed by atoms with Crippen LogP contribution in [0.15, 0.2) is 18.2 Å². The van der Waals surface area contributed by atoms with Crippen LogP contribution in [-0.4, -0.2) is 49.8 Å². The highest BCUT2D eigenvalue weighted by Crippen LogP contribution is 2.24. The monoisotopic (exact) mass is 313 g/mol. The Balaban J connectivity index is 2.17. The summed E-state index contributed by atoms with van der Waals surface area (Å²) in [6.07, 6.45) is 1.15. The molecule has 0 radical (unpaired) electrons. The van der Waals surface area contributed by atoms with Gasteiger partial charge in [-0.05, 0) is 18.2 Å². The van der Waals surface area contributed by atoms with Gasteiger partial charge in [-0.15, -0.1) is 0 Å². The molecule has 0 atom stereocenters. The van der Waals surface area contributed by atoms with E-state index in [2.05, 4.69) is 4.98 Å². The summed E-state index contributed by atoms with van der Waals surface area (Å²) in [5, 5.41) is 0.454. The third-order valence-corrected chi connectivity index (χ3v) is 4.57. The SMILES string of the molecule is CN(CCS(C)(=O)=O)C(=O)c1ccc2nc(N)sc2c1. The van der Waals surface area contributed by atoms with Gasteiger partial charge in [0.1, 0.15) is 9.84 Å². The third kappa shape index (κ3) is 3.45. The molecule has 0 fully saturated rings. The molecule has 1 aromatic heterocycles. The summed E-state index contributed by atoms with van der Waals surface area (Å²) in [6, 6.07) is 5.13. The second-order valence-corrected chi connectivity index (χ2v) is 7.91. The number of thiazole rings is 1. The summed E-state index contributed by atoms with van der Waals surface area (Å²) in [7, 11) is -1.50. The van der Waals surface area contributed by atoms with Crippen LogP contribution >= 0.6 is 11.3 Å². The lowest BCUT2D eigenvalue weighted by atomic mass is 10.2. The predicted octanol–water partition coefficient (Wildman–Crippen LogP) is 0.995. The van der Waals surface area contributed by atoms with Crippen LogP contribution in [0.1, 0.15) is 10.4 Å². The van der Waals surface area contributed by atoms with Crippen LogP contribution in [0.5, 0.6) is 0 Å². The van der Waals surface area contributed by atoms with Gasteiger partial charge >= 0.3 is 0 Å². The van der Waals surface area contributed by atoms with Crippen LogP contribution in [0.2, 0.25) is 0 Å². The van der Waals surface area contributed by atoms with Gasteiger partial charge in [0, 0.05) is 25.4 Å². The van der Waals surface area contributed by atoms with E-state index in [1.54, 1.807) is 25.2 Å². The van der Waals surface area contributed by atoms with E-state index < -0.39 is 9.84 Å². The molecule has 0 aliphatic heterocycles. The average molecular weight is 313 g/mol. The van der Waals surface area contributed by atoms with Crippen molar-refractivity contribution < 1.29 is 13.2 Å². The lowest BCUT2D eigenvalue weighted by molar-refractivity contribution is 0.0803. The smallest absolute Gasteiger partial charge is 0.253 e. The van der Waals surface area contributed by atoms with Crippen molar-refractivity contribution in [2.75, 3.05) is 31.3 Å². The minimum atomic E-state index is -3.08. The molecule has 2 aromatic rings. The van der Waals surface area contributed by atoms with Crippen LogP contribution in [0.25, 0.3) is 10.2 Å².